The topological polar surface area (TPSA) is 66.4 Å². The highest BCUT2D eigenvalue weighted by atomic mass is 35.5. The number of carbonyl (C=O) groups is 2. The normalized spacial score (nSPS) is 20.9. The summed E-state index contributed by atoms with van der Waals surface area (Å²) >= 11 is 7.36. The molecule has 1 aromatic rings. The highest BCUT2D eigenvalue weighted by Gasteiger charge is 2.25. The summed E-state index contributed by atoms with van der Waals surface area (Å²) in [7, 11) is 0. The van der Waals surface area contributed by atoms with Gasteiger partial charge in [-0.25, -0.2) is 0 Å². The largest absolute Gasteiger partial charge is 0.481 e. The molecule has 2 unspecified atom stereocenters. The summed E-state index contributed by atoms with van der Waals surface area (Å²) in [5.74, 6) is -1.23. The number of nitrogens with one attached hydrogen (secondary N) is 1. The number of hydrogen-bond acceptors (Lipinski definition) is 3. The zero-order valence-electron chi connectivity index (χ0n) is 10.6. The van der Waals surface area contributed by atoms with E-state index in [0.29, 0.717) is 11.4 Å². The number of carbonyl (C=O) groups excluding carboxylic acids is 1. The fourth-order valence-electron chi connectivity index (χ4n) is 1.94. The maximum absolute atomic E-state index is 11.8. The molecule has 0 radical (unpaired) electrons. The van der Waals surface area contributed by atoms with Crippen LogP contribution in [0.3, 0.4) is 0 Å². The molecule has 2 rings (SSSR count). The molecule has 6 heteroatoms. The Morgan fingerprint density at radius 1 is 1.35 bits per heavy atom. The van der Waals surface area contributed by atoms with Gasteiger partial charge in [0.2, 0.25) is 5.91 Å². The Morgan fingerprint density at radius 3 is 2.75 bits per heavy atom. The molecule has 0 heterocycles. The van der Waals surface area contributed by atoms with E-state index in [-0.39, 0.29) is 17.7 Å². The van der Waals surface area contributed by atoms with Crippen molar-refractivity contribution in [1.82, 2.24) is 5.32 Å². The number of thioether (sulfide) groups is 1. The fourth-order valence-corrected chi connectivity index (χ4v) is 2.99. The van der Waals surface area contributed by atoms with Gasteiger partial charge < -0.3 is 10.4 Å². The number of aliphatic carboxylic acids is 1. The molecule has 2 atom stereocenters. The number of halogens is 1. The summed E-state index contributed by atoms with van der Waals surface area (Å²) < 4.78 is 0. The van der Waals surface area contributed by atoms with Crippen LogP contribution < -0.4 is 5.32 Å². The van der Waals surface area contributed by atoms with E-state index in [1.54, 1.807) is 18.2 Å². The minimum absolute atomic E-state index is 0.129. The zero-order chi connectivity index (χ0) is 14.5. The molecular weight excluding hydrogens is 298 g/mol. The number of benzene rings is 1. The number of carboxylic acid groups (broad SMARTS) is 1. The van der Waals surface area contributed by atoms with Gasteiger partial charge >= 0.3 is 5.97 Å². The second kappa shape index (κ2) is 6.81. The summed E-state index contributed by atoms with van der Waals surface area (Å²) in [6.45, 7) is 0. The molecular formula is C14H14ClNO3S. The van der Waals surface area contributed by atoms with E-state index < -0.39 is 11.9 Å². The SMILES string of the molecule is O=C(CSc1ccccc1Cl)NC1C=CC(C(=O)O)C1. The van der Waals surface area contributed by atoms with E-state index in [1.165, 1.54) is 11.8 Å². The van der Waals surface area contributed by atoms with Crippen molar-refractivity contribution in [3.63, 3.8) is 0 Å². The van der Waals surface area contributed by atoms with Crippen molar-refractivity contribution in [2.24, 2.45) is 5.92 Å². The Morgan fingerprint density at radius 2 is 2.10 bits per heavy atom. The Bertz CT molecular complexity index is 547. The van der Waals surface area contributed by atoms with Gasteiger partial charge in [0.15, 0.2) is 0 Å². The standard InChI is InChI=1S/C14H14ClNO3S/c15-11-3-1-2-4-12(11)20-8-13(17)16-10-6-5-9(7-10)14(18)19/h1-6,9-10H,7-8H2,(H,16,17)(H,18,19). The van der Waals surface area contributed by atoms with Gasteiger partial charge in [-0.3, -0.25) is 9.59 Å². The maximum Gasteiger partial charge on any atom is 0.310 e. The first kappa shape index (κ1) is 14.9. The number of hydrogen-bond donors (Lipinski definition) is 2. The van der Waals surface area contributed by atoms with Crippen molar-refractivity contribution in [2.75, 3.05) is 5.75 Å². The number of rotatable bonds is 5. The van der Waals surface area contributed by atoms with Gasteiger partial charge in [0.1, 0.15) is 0 Å². The molecule has 0 bridgehead atoms. The molecule has 0 saturated carbocycles. The van der Waals surface area contributed by atoms with Crippen LogP contribution in [0.4, 0.5) is 0 Å². The van der Waals surface area contributed by atoms with Crippen LogP contribution in [0.15, 0.2) is 41.3 Å². The van der Waals surface area contributed by atoms with E-state index in [0.717, 1.165) is 4.90 Å². The molecule has 0 aromatic heterocycles. The van der Waals surface area contributed by atoms with Crippen LogP contribution >= 0.6 is 23.4 Å². The number of carboxylic acids is 1. The van der Waals surface area contributed by atoms with Crippen LogP contribution in [0.2, 0.25) is 5.02 Å². The van der Waals surface area contributed by atoms with Gasteiger partial charge in [-0.2, -0.15) is 0 Å². The van der Waals surface area contributed by atoms with E-state index in [2.05, 4.69) is 5.32 Å². The lowest BCUT2D eigenvalue weighted by molar-refractivity contribution is -0.140. The van der Waals surface area contributed by atoms with Crippen LogP contribution in [0, 0.1) is 5.92 Å². The summed E-state index contributed by atoms with van der Waals surface area (Å²) in [4.78, 5) is 23.5. The number of amides is 1. The molecule has 4 nitrogen and oxygen atoms in total. The predicted octanol–water partition coefficient (Wildman–Crippen LogP) is 2.58. The van der Waals surface area contributed by atoms with Gasteiger partial charge in [-0.1, -0.05) is 35.9 Å². The zero-order valence-corrected chi connectivity index (χ0v) is 12.2. The first-order chi connectivity index (χ1) is 9.56. The van der Waals surface area contributed by atoms with Crippen LogP contribution in [0.25, 0.3) is 0 Å². The van der Waals surface area contributed by atoms with Crippen LogP contribution in [-0.2, 0) is 9.59 Å². The van der Waals surface area contributed by atoms with Crippen molar-refractivity contribution in [3.05, 3.63) is 41.4 Å². The summed E-state index contributed by atoms with van der Waals surface area (Å²) in [6.07, 6.45) is 3.77. The predicted molar refractivity (Wildman–Crippen MR) is 79.0 cm³/mol. The molecule has 0 spiro atoms. The average Bonchev–Trinajstić information content (AvgIpc) is 2.86. The summed E-state index contributed by atoms with van der Waals surface area (Å²) in [5.41, 5.74) is 0. The second-order valence-corrected chi connectivity index (χ2v) is 5.88. The van der Waals surface area contributed by atoms with E-state index in [9.17, 15) is 9.59 Å². The van der Waals surface area contributed by atoms with Crippen molar-refractivity contribution < 1.29 is 14.7 Å². The molecule has 1 amide bonds. The lowest BCUT2D eigenvalue weighted by atomic mass is 10.1. The van der Waals surface area contributed by atoms with E-state index >= 15 is 0 Å². The van der Waals surface area contributed by atoms with E-state index in [1.807, 2.05) is 18.2 Å². The molecule has 0 fully saturated rings. The van der Waals surface area contributed by atoms with Gasteiger partial charge in [0, 0.05) is 10.9 Å². The highest BCUT2D eigenvalue weighted by molar-refractivity contribution is 8.00. The molecule has 106 valence electrons. The molecule has 2 N–H and O–H groups in total. The van der Waals surface area contributed by atoms with E-state index in [4.69, 9.17) is 16.7 Å². The quantitative estimate of drug-likeness (QED) is 0.648. The fraction of sp³-hybridized carbons (Fsp3) is 0.286. The Balaban J connectivity index is 1.78. The Kier molecular flexibility index (Phi) is 5.09. The third kappa shape index (κ3) is 4.02. The minimum Gasteiger partial charge on any atom is -0.481 e. The third-order valence-electron chi connectivity index (χ3n) is 2.94. The van der Waals surface area contributed by atoms with Gasteiger partial charge in [0.25, 0.3) is 0 Å². The summed E-state index contributed by atoms with van der Waals surface area (Å²) in [5, 5.41) is 12.3. The lowest BCUT2D eigenvalue weighted by Crippen LogP contribution is -2.34. The first-order valence-electron chi connectivity index (χ1n) is 6.14. The van der Waals surface area contributed by atoms with Gasteiger partial charge in [0.05, 0.1) is 16.7 Å². The third-order valence-corrected chi connectivity index (χ3v) is 4.46. The monoisotopic (exact) mass is 311 g/mol. The molecule has 1 aromatic carbocycles. The van der Waals surface area contributed by atoms with Crippen molar-refractivity contribution >= 4 is 35.2 Å². The Hall–Kier alpha value is -1.46. The van der Waals surface area contributed by atoms with Crippen molar-refractivity contribution in [1.29, 1.82) is 0 Å². The van der Waals surface area contributed by atoms with Crippen LogP contribution in [0.1, 0.15) is 6.42 Å². The highest BCUT2D eigenvalue weighted by Crippen LogP contribution is 2.26. The molecule has 0 saturated heterocycles. The lowest BCUT2D eigenvalue weighted by Gasteiger charge is -2.12. The second-order valence-electron chi connectivity index (χ2n) is 4.46. The molecule has 0 aliphatic heterocycles. The minimum atomic E-state index is -0.858. The van der Waals surface area contributed by atoms with Crippen LogP contribution in [-0.4, -0.2) is 28.8 Å². The van der Waals surface area contributed by atoms with Crippen molar-refractivity contribution in [3.8, 4) is 0 Å². The van der Waals surface area contributed by atoms with Gasteiger partial charge in [-0.05, 0) is 18.6 Å². The molecule has 1 aliphatic carbocycles. The van der Waals surface area contributed by atoms with Gasteiger partial charge in [-0.15, -0.1) is 11.8 Å². The average molecular weight is 312 g/mol. The molecule has 1 aliphatic rings. The Labute approximate surface area is 126 Å². The first-order valence-corrected chi connectivity index (χ1v) is 7.50. The van der Waals surface area contributed by atoms with Crippen LogP contribution in [0.5, 0.6) is 0 Å². The molecule has 20 heavy (non-hydrogen) atoms. The summed E-state index contributed by atoms with van der Waals surface area (Å²) in [6, 6.07) is 7.13. The smallest absolute Gasteiger partial charge is 0.310 e. The maximum atomic E-state index is 11.8. The van der Waals surface area contributed by atoms with Crippen molar-refractivity contribution in [2.45, 2.75) is 17.4 Å².